The lowest BCUT2D eigenvalue weighted by Gasteiger charge is -2.38. The highest BCUT2D eigenvalue weighted by atomic mass is 16.6. The molecule has 1 aromatic carbocycles. The van der Waals surface area contributed by atoms with E-state index in [9.17, 15) is 9.59 Å². The number of rotatable bonds is 5. The first-order chi connectivity index (χ1) is 14.8. The van der Waals surface area contributed by atoms with Crippen LogP contribution in [0, 0.1) is 0 Å². The SMILES string of the molecule is CC(C)(C)OC(=O)N[C@@H]1CCCC[C@@H]1NC1CCN(C(=O)OCc2ccccc2)CC1. The van der Waals surface area contributed by atoms with Gasteiger partial charge in [-0.25, -0.2) is 9.59 Å². The minimum atomic E-state index is -0.496. The van der Waals surface area contributed by atoms with E-state index in [0.717, 1.165) is 44.1 Å². The fourth-order valence-corrected chi connectivity index (χ4v) is 4.30. The van der Waals surface area contributed by atoms with Crippen LogP contribution in [0.5, 0.6) is 0 Å². The second kappa shape index (κ2) is 10.8. The molecule has 1 heterocycles. The molecule has 0 radical (unpaired) electrons. The maximum atomic E-state index is 12.4. The summed E-state index contributed by atoms with van der Waals surface area (Å²) in [5.74, 6) is 0. The normalized spacial score (nSPS) is 22.6. The van der Waals surface area contributed by atoms with Gasteiger partial charge in [-0.3, -0.25) is 0 Å². The summed E-state index contributed by atoms with van der Waals surface area (Å²) < 4.78 is 10.9. The van der Waals surface area contributed by atoms with E-state index in [2.05, 4.69) is 10.6 Å². The Labute approximate surface area is 185 Å². The molecule has 31 heavy (non-hydrogen) atoms. The van der Waals surface area contributed by atoms with Gasteiger partial charge in [-0.1, -0.05) is 43.2 Å². The van der Waals surface area contributed by atoms with Crippen LogP contribution < -0.4 is 10.6 Å². The molecular formula is C24H37N3O4. The fourth-order valence-electron chi connectivity index (χ4n) is 4.30. The predicted molar refractivity (Wildman–Crippen MR) is 120 cm³/mol. The Morgan fingerprint density at radius 3 is 2.29 bits per heavy atom. The van der Waals surface area contributed by atoms with E-state index in [1.54, 1.807) is 4.90 Å². The first-order valence-electron chi connectivity index (χ1n) is 11.5. The van der Waals surface area contributed by atoms with Crippen LogP contribution in [0.25, 0.3) is 0 Å². The molecule has 7 nitrogen and oxygen atoms in total. The van der Waals surface area contributed by atoms with Gasteiger partial charge in [0.15, 0.2) is 0 Å². The Morgan fingerprint density at radius 2 is 1.65 bits per heavy atom. The molecule has 1 saturated carbocycles. The van der Waals surface area contributed by atoms with Gasteiger partial charge in [0.25, 0.3) is 0 Å². The summed E-state index contributed by atoms with van der Waals surface area (Å²) in [5, 5.41) is 6.81. The van der Waals surface area contributed by atoms with Gasteiger partial charge in [-0.15, -0.1) is 0 Å². The smallest absolute Gasteiger partial charge is 0.410 e. The molecule has 2 fully saturated rings. The lowest BCUT2D eigenvalue weighted by atomic mass is 9.89. The van der Waals surface area contributed by atoms with Crippen molar-refractivity contribution in [3.8, 4) is 0 Å². The quantitative estimate of drug-likeness (QED) is 0.730. The molecule has 2 N–H and O–H groups in total. The van der Waals surface area contributed by atoms with E-state index in [4.69, 9.17) is 9.47 Å². The first-order valence-corrected chi connectivity index (χ1v) is 11.5. The van der Waals surface area contributed by atoms with Crippen LogP contribution in [0.15, 0.2) is 30.3 Å². The predicted octanol–water partition coefficient (Wildman–Crippen LogP) is 4.21. The average molecular weight is 432 g/mol. The van der Waals surface area contributed by atoms with Crippen LogP contribution in [-0.4, -0.2) is 53.9 Å². The summed E-state index contributed by atoms with van der Waals surface area (Å²) in [6.45, 7) is 7.30. The monoisotopic (exact) mass is 431 g/mol. The van der Waals surface area contributed by atoms with Gasteiger partial charge < -0.3 is 25.0 Å². The van der Waals surface area contributed by atoms with Crippen molar-refractivity contribution in [2.24, 2.45) is 0 Å². The van der Waals surface area contributed by atoms with Crippen molar-refractivity contribution >= 4 is 12.2 Å². The van der Waals surface area contributed by atoms with Crippen molar-refractivity contribution in [1.29, 1.82) is 0 Å². The Balaban J connectivity index is 1.42. The van der Waals surface area contributed by atoms with E-state index in [-0.39, 0.29) is 24.3 Å². The number of benzene rings is 1. The Bertz CT molecular complexity index is 711. The van der Waals surface area contributed by atoms with Crippen LogP contribution in [-0.2, 0) is 16.1 Å². The van der Waals surface area contributed by atoms with Crippen LogP contribution in [0.3, 0.4) is 0 Å². The van der Waals surface area contributed by atoms with Crippen LogP contribution in [0.2, 0.25) is 0 Å². The van der Waals surface area contributed by atoms with E-state index in [1.165, 1.54) is 0 Å². The van der Waals surface area contributed by atoms with Gasteiger partial charge in [-0.2, -0.15) is 0 Å². The van der Waals surface area contributed by atoms with Crippen molar-refractivity contribution < 1.29 is 19.1 Å². The number of hydrogen-bond acceptors (Lipinski definition) is 5. The highest BCUT2D eigenvalue weighted by Crippen LogP contribution is 2.22. The van der Waals surface area contributed by atoms with Crippen LogP contribution in [0.4, 0.5) is 9.59 Å². The number of likely N-dealkylation sites (tertiary alicyclic amines) is 1. The molecule has 172 valence electrons. The van der Waals surface area contributed by atoms with E-state index in [0.29, 0.717) is 25.7 Å². The van der Waals surface area contributed by atoms with Crippen molar-refractivity contribution in [3.05, 3.63) is 35.9 Å². The Morgan fingerprint density at radius 1 is 1.00 bits per heavy atom. The van der Waals surface area contributed by atoms with Gasteiger partial charge in [0, 0.05) is 31.2 Å². The lowest BCUT2D eigenvalue weighted by molar-refractivity contribution is 0.0470. The third-order valence-electron chi connectivity index (χ3n) is 5.88. The van der Waals surface area contributed by atoms with Gasteiger partial charge >= 0.3 is 12.2 Å². The minimum Gasteiger partial charge on any atom is -0.445 e. The molecule has 1 saturated heterocycles. The van der Waals surface area contributed by atoms with Crippen LogP contribution >= 0.6 is 0 Å². The topological polar surface area (TPSA) is 79.9 Å². The summed E-state index contributed by atoms with van der Waals surface area (Å²) in [5.41, 5.74) is 0.497. The molecule has 0 spiro atoms. The summed E-state index contributed by atoms with van der Waals surface area (Å²) in [6.07, 6.45) is 5.46. The molecule has 1 aliphatic carbocycles. The molecule has 3 rings (SSSR count). The molecule has 2 aliphatic rings. The second-order valence-electron chi connectivity index (χ2n) is 9.61. The van der Waals surface area contributed by atoms with E-state index < -0.39 is 5.60 Å². The number of carbonyl (C=O) groups is 2. The zero-order valence-corrected chi connectivity index (χ0v) is 19.1. The number of hydrogen-bond donors (Lipinski definition) is 2. The highest BCUT2D eigenvalue weighted by molar-refractivity contribution is 5.68. The Kier molecular flexibility index (Phi) is 8.18. The van der Waals surface area contributed by atoms with Crippen molar-refractivity contribution in [1.82, 2.24) is 15.5 Å². The molecule has 0 bridgehead atoms. The van der Waals surface area contributed by atoms with E-state index >= 15 is 0 Å². The number of nitrogens with one attached hydrogen (secondary N) is 2. The van der Waals surface area contributed by atoms with Crippen molar-refractivity contribution in [3.63, 3.8) is 0 Å². The molecule has 0 unspecified atom stereocenters. The fraction of sp³-hybridized carbons (Fsp3) is 0.667. The number of carbonyl (C=O) groups excluding carboxylic acids is 2. The van der Waals surface area contributed by atoms with E-state index in [1.807, 2.05) is 51.1 Å². The zero-order valence-electron chi connectivity index (χ0n) is 19.1. The van der Waals surface area contributed by atoms with Gasteiger partial charge in [-0.05, 0) is 52.0 Å². The number of amides is 2. The van der Waals surface area contributed by atoms with Crippen LogP contribution in [0.1, 0.15) is 64.9 Å². The molecular weight excluding hydrogens is 394 g/mol. The summed E-state index contributed by atoms with van der Waals surface area (Å²) >= 11 is 0. The minimum absolute atomic E-state index is 0.0810. The van der Waals surface area contributed by atoms with Gasteiger partial charge in [0.2, 0.25) is 0 Å². The first kappa shape index (κ1) is 23.4. The van der Waals surface area contributed by atoms with Crippen molar-refractivity contribution in [2.75, 3.05) is 13.1 Å². The summed E-state index contributed by atoms with van der Waals surface area (Å²) in [4.78, 5) is 26.4. The van der Waals surface area contributed by atoms with Crippen molar-refractivity contribution in [2.45, 2.75) is 89.6 Å². The molecule has 7 heteroatoms. The second-order valence-corrected chi connectivity index (χ2v) is 9.61. The third-order valence-corrected chi connectivity index (χ3v) is 5.88. The number of nitrogens with zero attached hydrogens (tertiary/aromatic N) is 1. The standard InChI is InChI=1S/C24H37N3O4/c1-24(2,3)31-22(28)26-21-12-8-7-11-20(21)25-19-13-15-27(16-14-19)23(29)30-17-18-9-5-4-6-10-18/h4-6,9-10,19-21,25H,7-8,11-17H2,1-3H3,(H,26,28)/t20-,21+/m0/s1. The zero-order chi connectivity index (χ0) is 22.3. The maximum absolute atomic E-state index is 12.4. The molecule has 2 atom stereocenters. The summed E-state index contributed by atoms with van der Waals surface area (Å²) in [7, 11) is 0. The molecule has 1 aliphatic heterocycles. The molecule has 2 amide bonds. The Hall–Kier alpha value is -2.28. The number of ether oxygens (including phenoxy) is 2. The maximum Gasteiger partial charge on any atom is 0.410 e. The third kappa shape index (κ3) is 7.73. The summed E-state index contributed by atoms with van der Waals surface area (Å²) in [6, 6.07) is 10.4. The van der Waals surface area contributed by atoms with Gasteiger partial charge in [0.05, 0.1) is 0 Å². The average Bonchev–Trinajstić information content (AvgIpc) is 2.73. The number of piperidine rings is 1. The highest BCUT2D eigenvalue weighted by Gasteiger charge is 2.31. The largest absolute Gasteiger partial charge is 0.445 e. The number of alkyl carbamates (subject to hydrolysis) is 1. The molecule has 1 aromatic rings. The molecule has 0 aromatic heterocycles. The lowest BCUT2D eigenvalue weighted by Crippen LogP contribution is -2.56. The van der Waals surface area contributed by atoms with Gasteiger partial charge in [0.1, 0.15) is 12.2 Å².